The fourth-order valence-electron chi connectivity index (χ4n) is 1.34. The Morgan fingerprint density at radius 3 is 2.78 bits per heavy atom. The molecule has 0 amide bonds. The van der Waals surface area contributed by atoms with E-state index < -0.39 is 0 Å². The molecule has 3 nitrogen and oxygen atoms in total. The van der Waals surface area contributed by atoms with E-state index in [-0.39, 0.29) is 0 Å². The minimum absolute atomic E-state index is 0.550. The molecule has 0 spiro atoms. The first-order valence-electron chi connectivity index (χ1n) is 5.17. The average Bonchev–Trinajstić information content (AvgIpc) is 2.83. The van der Waals surface area contributed by atoms with E-state index in [1.165, 1.54) is 0 Å². The second-order valence-electron chi connectivity index (χ2n) is 3.51. The highest BCUT2D eigenvalue weighted by atomic mass is 79.9. The molecular formula is C12H10Br2N2OS. The Bertz CT molecular complexity index is 543. The third-order valence-corrected chi connectivity index (χ3v) is 3.58. The number of anilines is 1. The first-order chi connectivity index (χ1) is 8.65. The molecule has 1 heterocycles. The lowest BCUT2D eigenvalue weighted by Crippen LogP contribution is -2.27. The predicted molar refractivity (Wildman–Crippen MR) is 83.6 cm³/mol. The molecule has 0 saturated heterocycles. The van der Waals surface area contributed by atoms with E-state index in [9.17, 15) is 0 Å². The molecule has 1 aromatic heterocycles. The van der Waals surface area contributed by atoms with Crippen LogP contribution in [0.1, 0.15) is 5.76 Å². The minimum atomic E-state index is 0.550. The zero-order valence-electron chi connectivity index (χ0n) is 9.24. The Balaban J connectivity index is 1.91. The van der Waals surface area contributed by atoms with E-state index in [1.54, 1.807) is 6.26 Å². The summed E-state index contributed by atoms with van der Waals surface area (Å²) >= 11 is 12.1. The molecule has 18 heavy (non-hydrogen) atoms. The molecule has 0 aliphatic heterocycles. The lowest BCUT2D eigenvalue weighted by Gasteiger charge is -2.11. The molecule has 6 heteroatoms. The summed E-state index contributed by atoms with van der Waals surface area (Å²) in [7, 11) is 0. The first-order valence-corrected chi connectivity index (χ1v) is 7.17. The number of rotatable bonds is 3. The smallest absolute Gasteiger partial charge is 0.171 e. The highest BCUT2D eigenvalue weighted by Crippen LogP contribution is 2.25. The van der Waals surface area contributed by atoms with Crippen molar-refractivity contribution in [3.05, 3.63) is 51.3 Å². The van der Waals surface area contributed by atoms with Crippen LogP contribution in [0.2, 0.25) is 0 Å². The summed E-state index contributed by atoms with van der Waals surface area (Å²) in [4.78, 5) is 0. The van der Waals surface area contributed by atoms with Crippen LogP contribution >= 0.6 is 44.1 Å². The van der Waals surface area contributed by atoms with Crippen LogP contribution in [0, 0.1) is 0 Å². The van der Waals surface area contributed by atoms with Crippen LogP contribution in [-0.2, 0) is 6.54 Å². The summed E-state index contributed by atoms with van der Waals surface area (Å²) in [6.07, 6.45) is 1.64. The molecule has 94 valence electrons. The monoisotopic (exact) mass is 388 g/mol. The maximum Gasteiger partial charge on any atom is 0.171 e. The van der Waals surface area contributed by atoms with E-state index in [4.69, 9.17) is 16.6 Å². The average molecular weight is 390 g/mol. The predicted octanol–water partition coefficient (Wildman–Crippen LogP) is 4.29. The molecule has 0 atom stereocenters. The lowest BCUT2D eigenvalue weighted by atomic mass is 10.3. The molecule has 2 rings (SSSR count). The number of nitrogens with one attached hydrogen (secondary N) is 2. The molecule has 0 aliphatic rings. The van der Waals surface area contributed by atoms with Gasteiger partial charge >= 0.3 is 0 Å². The van der Waals surface area contributed by atoms with Gasteiger partial charge in [-0.1, -0.05) is 15.9 Å². The fourth-order valence-corrected chi connectivity index (χ4v) is 2.67. The van der Waals surface area contributed by atoms with Crippen LogP contribution in [0.5, 0.6) is 0 Å². The zero-order chi connectivity index (χ0) is 13.0. The summed E-state index contributed by atoms with van der Waals surface area (Å²) in [6.45, 7) is 0.562. The fraction of sp³-hybridized carbons (Fsp3) is 0.0833. The standard InChI is InChI=1S/C12H10Br2N2OS/c13-8-3-4-11(10(14)6-8)16-12(18)15-7-9-2-1-5-17-9/h1-6H,7H2,(H2,15,16,18). The van der Waals surface area contributed by atoms with Crippen molar-refractivity contribution in [2.75, 3.05) is 5.32 Å². The van der Waals surface area contributed by atoms with E-state index in [0.29, 0.717) is 11.7 Å². The van der Waals surface area contributed by atoms with Crippen LogP contribution in [0.25, 0.3) is 0 Å². The van der Waals surface area contributed by atoms with Gasteiger partial charge in [0.15, 0.2) is 5.11 Å². The molecule has 0 unspecified atom stereocenters. The molecule has 2 aromatic rings. The molecule has 0 bridgehead atoms. The molecule has 1 aromatic carbocycles. The van der Waals surface area contributed by atoms with Crippen molar-refractivity contribution in [3.8, 4) is 0 Å². The van der Waals surface area contributed by atoms with E-state index >= 15 is 0 Å². The maximum atomic E-state index is 5.21. The zero-order valence-corrected chi connectivity index (χ0v) is 13.2. The van der Waals surface area contributed by atoms with Crippen LogP contribution in [0.15, 0.2) is 50.0 Å². The van der Waals surface area contributed by atoms with E-state index in [0.717, 1.165) is 20.4 Å². The van der Waals surface area contributed by atoms with Gasteiger partial charge in [0.05, 0.1) is 18.5 Å². The highest BCUT2D eigenvalue weighted by Gasteiger charge is 2.03. The Hall–Kier alpha value is -0.850. The van der Waals surface area contributed by atoms with Gasteiger partial charge in [-0.3, -0.25) is 0 Å². The summed E-state index contributed by atoms with van der Waals surface area (Å²) in [5.41, 5.74) is 0.912. The first kappa shape index (κ1) is 13.6. The Morgan fingerprint density at radius 2 is 2.11 bits per heavy atom. The van der Waals surface area contributed by atoms with Crippen molar-refractivity contribution in [3.63, 3.8) is 0 Å². The summed E-state index contributed by atoms with van der Waals surface area (Å²) in [6, 6.07) is 9.58. The largest absolute Gasteiger partial charge is 0.467 e. The molecule has 0 radical (unpaired) electrons. The third-order valence-electron chi connectivity index (χ3n) is 2.18. The Labute approximate surface area is 127 Å². The van der Waals surface area contributed by atoms with Crippen molar-refractivity contribution in [1.82, 2.24) is 5.32 Å². The van der Waals surface area contributed by atoms with Crippen LogP contribution < -0.4 is 10.6 Å². The molecule has 0 fully saturated rings. The topological polar surface area (TPSA) is 37.2 Å². The molecule has 0 saturated carbocycles. The summed E-state index contributed by atoms with van der Waals surface area (Å²) in [5, 5.41) is 6.73. The summed E-state index contributed by atoms with van der Waals surface area (Å²) in [5.74, 6) is 0.842. The van der Waals surface area contributed by atoms with Gasteiger partial charge in [-0.2, -0.15) is 0 Å². The van der Waals surface area contributed by atoms with Crippen LogP contribution in [0.4, 0.5) is 5.69 Å². The number of hydrogen-bond donors (Lipinski definition) is 2. The Kier molecular flexibility index (Phi) is 4.79. The normalized spacial score (nSPS) is 10.1. The van der Waals surface area contributed by atoms with Gasteiger partial charge < -0.3 is 15.1 Å². The molecule has 0 aliphatic carbocycles. The SMILES string of the molecule is S=C(NCc1ccco1)Nc1ccc(Br)cc1Br. The van der Waals surface area contributed by atoms with Gasteiger partial charge in [-0.15, -0.1) is 0 Å². The number of thiocarbonyl (C=S) groups is 1. The second-order valence-corrected chi connectivity index (χ2v) is 5.69. The molecular weight excluding hydrogens is 380 g/mol. The second kappa shape index (κ2) is 6.36. The Morgan fingerprint density at radius 1 is 1.28 bits per heavy atom. The van der Waals surface area contributed by atoms with Crippen molar-refractivity contribution in [2.24, 2.45) is 0 Å². The van der Waals surface area contributed by atoms with E-state index in [2.05, 4.69) is 42.5 Å². The summed E-state index contributed by atoms with van der Waals surface area (Å²) < 4.78 is 7.16. The van der Waals surface area contributed by atoms with Gasteiger partial charge in [0, 0.05) is 8.95 Å². The number of halogens is 2. The number of hydrogen-bond acceptors (Lipinski definition) is 2. The van der Waals surface area contributed by atoms with Gasteiger partial charge in [-0.05, 0) is 58.5 Å². The van der Waals surface area contributed by atoms with Crippen molar-refractivity contribution in [1.29, 1.82) is 0 Å². The van der Waals surface area contributed by atoms with Gasteiger partial charge in [-0.25, -0.2) is 0 Å². The van der Waals surface area contributed by atoms with Crippen molar-refractivity contribution >= 4 is 54.9 Å². The minimum Gasteiger partial charge on any atom is -0.467 e. The quantitative estimate of drug-likeness (QED) is 0.767. The molecule has 2 N–H and O–H groups in total. The number of benzene rings is 1. The van der Waals surface area contributed by atoms with Crippen LogP contribution in [-0.4, -0.2) is 5.11 Å². The number of furan rings is 1. The van der Waals surface area contributed by atoms with Gasteiger partial charge in [0.25, 0.3) is 0 Å². The van der Waals surface area contributed by atoms with Gasteiger partial charge in [0.1, 0.15) is 5.76 Å². The van der Waals surface area contributed by atoms with E-state index in [1.807, 2.05) is 30.3 Å². The van der Waals surface area contributed by atoms with Gasteiger partial charge in [0.2, 0.25) is 0 Å². The lowest BCUT2D eigenvalue weighted by molar-refractivity contribution is 0.503. The van der Waals surface area contributed by atoms with Crippen molar-refractivity contribution < 1.29 is 4.42 Å². The third kappa shape index (κ3) is 3.83. The maximum absolute atomic E-state index is 5.21. The van der Waals surface area contributed by atoms with Crippen molar-refractivity contribution in [2.45, 2.75) is 6.54 Å². The highest BCUT2D eigenvalue weighted by molar-refractivity contribution is 9.11. The van der Waals surface area contributed by atoms with Crippen LogP contribution in [0.3, 0.4) is 0 Å².